The van der Waals surface area contributed by atoms with Crippen molar-refractivity contribution in [3.63, 3.8) is 0 Å². The van der Waals surface area contributed by atoms with Gasteiger partial charge < -0.3 is 15.6 Å². The van der Waals surface area contributed by atoms with E-state index in [4.69, 9.17) is 5.41 Å². The molecule has 0 bridgehead atoms. The molecular formula is C9H17N3O. The van der Waals surface area contributed by atoms with Gasteiger partial charge >= 0.3 is 0 Å². The third-order valence-corrected chi connectivity index (χ3v) is 2.39. The van der Waals surface area contributed by atoms with Crippen LogP contribution < -0.4 is 5.32 Å². The van der Waals surface area contributed by atoms with Crippen molar-refractivity contribution in [3.8, 4) is 0 Å². The smallest absolute Gasteiger partial charge is 0.231 e. The standard InChI is InChI=1S/C9H17N3O/c1-2-8(7-10)9(13)12-5-3-11-4-6-12/h7-8,10-11H,2-6H2,1H3. The molecule has 0 saturated carbocycles. The summed E-state index contributed by atoms with van der Waals surface area (Å²) in [5, 5.41) is 10.3. The lowest BCUT2D eigenvalue weighted by Gasteiger charge is -2.29. The van der Waals surface area contributed by atoms with E-state index < -0.39 is 0 Å². The van der Waals surface area contributed by atoms with E-state index >= 15 is 0 Å². The summed E-state index contributed by atoms with van der Waals surface area (Å²) in [6.45, 7) is 5.25. The van der Waals surface area contributed by atoms with Crippen molar-refractivity contribution in [1.29, 1.82) is 5.41 Å². The zero-order valence-corrected chi connectivity index (χ0v) is 8.05. The minimum Gasteiger partial charge on any atom is -0.340 e. The van der Waals surface area contributed by atoms with Crippen molar-refractivity contribution in [1.82, 2.24) is 10.2 Å². The van der Waals surface area contributed by atoms with Gasteiger partial charge in [0.2, 0.25) is 5.91 Å². The second-order valence-electron chi connectivity index (χ2n) is 3.26. The van der Waals surface area contributed by atoms with E-state index in [0.717, 1.165) is 32.6 Å². The number of hydrogen-bond acceptors (Lipinski definition) is 3. The van der Waals surface area contributed by atoms with E-state index in [1.165, 1.54) is 6.21 Å². The monoisotopic (exact) mass is 183 g/mol. The highest BCUT2D eigenvalue weighted by atomic mass is 16.2. The van der Waals surface area contributed by atoms with E-state index in [9.17, 15) is 4.79 Å². The molecule has 1 fully saturated rings. The van der Waals surface area contributed by atoms with Crippen LogP contribution in [-0.2, 0) is 4.79 Å². The lowest BCUT2D eigenvalue weighted by Crippen LogP contribution is -2.48. The molecule has 1 amide bonds. The first kappa shape index (κ1) is 10.2. The summed E-state index contributed by atoms with van der Waals surface area (Å²) in [6, 6.07) is 0. The Morgan fingerprint density at radius 3 is 2.69 bits per heavy atom. The van der Waals surface area contributed by atoms with Gasteiger partial charge in [0, 0.05) is 32.4 Å². The average Bonchev–Trinajstić information content (AvgIpc) is 2.21. The third kappa shape index (κ3) is 2.52. The molecular weight excluding hydrogens is 166 g/mol. The molecule has 4 heteroatoms. The molecule has 0 spiro atoms. The molecule has 0 aromatic heterocycles. The molecule has 0 aromatic carbocycles. The molecule has 74 valence electrons. The second-order valence-corrected chi connectivity index (χ2v) is 3.26. The van der Waals surface area contributed by atoms with E-state index in [1.807, 2.05) is 11.8 Å². The maximum absolute atomic E-state index is 11.7. The Kier molecular flexibility index (Phi) is 3.89. The van der Waals surface area contributed by atoms with Gasteiger partial charge in [0.05, 0.1) is 5.92 Å². The Morgan fingerprint density at radius 1 is 1.62 bits per heavy atom. The summed E-state index contributed by atoms with van der Waals surface area (Å²) in [4.78, 5) is 13.6. The maximum Gasteiger partial charge on any atom is 0.231 e. The van der Waals surface area contributed by atoms with Gasteiger partial charge in [-0.15, -0.1) is 0 Å². The fourth-order valence-corrected chi connectivity index (χ4v) is 1.48. The molecule has 2 N–H and O–H groups in total. The number of nitrogens with one attached hydrogen (secondary N) is 2. The lowest BCUT2D eigenvalue weighted by molar-refractivity contribution is -0.133. The molecule has 0 radical (unpaired) electrons. The van der Waals surface area contributed by atoms with E-state index in [2.05, 4.69) is 5.32 Å². The van der Waals surface area contributed by atoms with Crippen LogP contribution in [0.15, 0.2) is 0 Å². The quantitative estimate of drug-likeness (QED) is 0.609. The predicted octanol–water partition coefficient (Wildman–Crippen LogP) is 0.0940. The Morgan fingerprint density at radius 2 is 2.23 bits per heavy atom. The first-order valence-corrected chi connectivity index (χ1v) is 4.79. The number of piperazine rings is 1. The zero-order chi connectivity index (χ0) is 9.68. The molecule has 0 aromatic rings. The van der Waals surface area contributed by atoms with Gasteiger partial charge in [-0.05, 0) is 6.42 Å². The number of carbonyl (C=O) groups excluding carboxylic acids is 1. The van der Waals surface area contributed by atoms with E-state index in [0.29, 0.717) is 0 Å². The van der Waals surface area contributed by atoms with Crippen LogP contribution in [0.1, 0.15) is 13.3 Å². The van der Waals surface area contributed by atoms with Crippen LogP contribution in [0, 0.1) is 11.3 Å². The molecule has 1 aliphatic heterocycles. The number of carbonyl (C=O) groups is 1. The lowest BCUT2D eigenvalue weighted by atomic mass is 10.1. The molecule has 0 aliphatic carbocycles. The van der Waals surface area contributed by atoms with Crippen LogP contribution >= 0.6 is 0 Å². The topological polar surface area (TPSA) is 56.2 Å². The molecule has 13 heavy (non-hydrogen) atoms. The van der Waals surface area contributed by atoms with E-state index in [-0.39, 0.29) is 11.8 Å². The fourth-order valence-electron chi connectivity index (χ4n) is 1.48. The van der Waals surface area contributed by atoms with Crippen molar-refractivity contribution < 1.29 is 4.79 Å². The van der Waals surface area contributed by atoms with Gasteiger partial charge in [-0.2, -0.15) is 0 Å². The highest BCUT2D eigenvalue weighted by Crippen LogP contribution is 2.05. The first-order chi connectivity index (χ1) is 6.29. The molecule has 1 rings (SSSR count). The summed E-state index contributed by atoms with van der Waals surface area (Å²) in [5.74, 6) is -0.0999. The van der Waals surface area contributed by atoms with Crippen molar-refractivity contribution in [2.75, 3.05) is 26.2 Å². The highest BCUT2D eigenvalue weighted by Gasteiger charge is 2.21. The predicted molar refractivity (Wildman–Crippen MR) is 52.0 cm³/mol. The van der Waals surface area contributed by atoms with Crippen LogP contribution in [0.3, 0.4) is 0 Å². The van der Waals surface area contributed by atoms with Crippen molar-refractivity contribution in [3.05, 3.63) is 0 Å². The Bertz CT molecular complexity index is 187. The number of nitrogens with zero attached hydrogens (tertiary/aromatic N) is 1. The van der Waals surface area contributed by atoms with Crippen LogP contribution in [0.2, 0.25) is 0 Å². The minimum atomic E-state index is -0.210. The van der Waals surface area contributed by atoms with Crippen molar-refractivity contribution >= 4 is 12.1 Å². The molecule has 1 unspecified atom stereocenters. The summed E-state index contributed by atoms with van der Waals surface area (Å²) < 4.78 is 0. The highest BCUT2D eigenvalue weighted by molar-refractivity contribution is 5.92. The molecule has 1 saturated heterocycles. The second kappa shape index (κ2) is 4.97. The van der Waals surface area contributed by atoms with Crippen molar-refractivity contribution in [2.24, 2.45) is 5.92 Å². The van der Waals surface area contributed by atoms with Gasteiger partial charge in [0.25, 0.3) is 0 Å². The molecule has 4 nitrogen and oxygen atoms in total. The van der Waals surface area contributed by atoms with Gasteiger partial charge in [0.15, 0.2) is 0 Å². The summed E-state index contributed by atoms with van der Waals surface area (Å²) in [6.07, 6.45) is 1.98. The Balaban J connectivity index is 2.48. The summed E-state index contributed by atoms with van der Waals surface area (Å²) in [7, 11) is 0. The Labute approximate surface area is 78.8 Å². The van der Waals surface area contributed by atoms with Gasteiger partial charge in [0.1, 0.15) is 0 Å². The number of rotatable bonds is 3. The molecule has 1 heterocycles. The third-order valence-electron chi connectivity index (χ3n) is 2.39. The van der Waals surface area contributed by atoms with Crippen LogP contribution in [0.5, 0.6) is 0 Å². The van der Waals surface area contributed by atoms with Gasteiger partial charge in [-0.1, -0.05) is 6.92 Å². The van der Waals surface area contributed by atoms with Crippen molar-refractivity contribution in [2.45, 2.75) is 13.3 Å². The normalized spacial score (nSPS) is 19.6. The summed E-state index contributed by atoms with van der Waals surface area (Å²) in [5.41, 5.74) is 0. The largest absolute Gasteiger partial charge is 0.340 e. The fraction of sp³-hybridized carbons (Fsp3) is 0.778. The van der Waals surface area contributed by atoms with Gasteiger partial charge in [-0.25, -0.2) is 0 Å². The van der Waals surface area contributed by atoms with Gasteiger partial charge in [-0.3, -0.25) is 4.79 Å². The van der Waals surface area contributed by atoms with Crippen LogP contribution in [0.4, 0.5) is 0 Å². The Hall–Kier alpha value is -0.900. The maximum atomic E-state index is 11.7. The molecule has 1 atom stereocenters. The van der Waals surface area contributed by atoms with Crippen LogP contribution in [-0.4, -0.2) is 43.2 Å². The van der Waals surface area contributed by atoms with Crippen LogP contribution in [0.25, 0.3) is 0 Å². The first-order valence-electron chi connectivity index (χ1n) is 4.79. The number of amides is 1. The summed E-state index contributed by atoms with van der Waals surface area (Å²) >= 11 is 0. The zero-order valence-electron chi connectivity index (χ0n) is 8.05. The average molecular weight is 183 g/mol. The van der Waals surface area contributed by atoms with E-state index in [1.54, 1.807) is 0 Å². The minimum absolute atomic E-state index is 0.110. The number of hydrogen-bond donors (Lipinski definition) is 2. The SMILES string of the molecule is CCC(C=N)C(=O)N1CCNCC1. The molecule has 1 aliphatic rings.